The zero-order chi connectivity index (χ0) is 22.4. The van der Waals surface area contributed by atoms with Gasteiger partial charge in [0.1, 0.15) is 16.8 Å². The van der Waals surface area contributed by atoms with Crippen LogP contribution in [0.1, 0.15) is 33.6 Å². The fraction of sp³-hybridized carbons (Fsp3) is 0.348. The molecular formula is C23H24N4O4. The number of hydrogen-bond donors (Lipinski definition) is 2. The SMILES string of the molecule is CC12CCC(C(=O)Nc3ccccc3[N+](=O)[O-])(C(=O)C1=NNc1ccccc1)C2(C)C. The average Bonchev–Trinajstić information content (AvgIpc) is 3.02. The van der Waals surface area contributed by atoms with Gasteiger partial charge in [-0.15, -0.1) is 0 Å². The topological polar surface area (TPSA) is 114 Å². The van der Waals surface area contributed by atoms with E-state index in [1.165, 1.54) is 18.2 Å². The Hall–Kier alpha value is -3.55. The number of hydrogen-bond acceptors (Lipinski definition) is 6. The first kappa shape index (κ1) is 20.7. The van der Waals surface area contributed by atoms with Crippen molar-refractivity contribution in [2.75, 3.05) is 10.7 Å². The first-order valence-electron chi connectivity index (χ1n) is 10.1. The maximum atomic E-state index is 13.6. The van der Waals surface area contributed by atoms with Crippen LogP contribution in [0, 0.1) is 26.4 Å². The molecule has 160 valence electrons. The van der Waals surface area contributed by atoms with Crippen molar-refractivity contribution in [1.82, 2.24) is 0 Å². The lowest BCUT2D eigenvalue weighted by atomic mass is 9.64. The Morgan fingerprint density at radius 1 is 1.03 bits per heavy atom. The number of carbonyl (C=O) groups excluding carboxylic acids is 2. The third kappa shape index (κ3) is 2.78. The van der Waals surface area contributed by atoms with Crippen molar-refractivity contribution in [3.8, 4) is 0 Å². The Bertz CT molecular complexity index is 1110. The molecule has 0 heterocycles. The van der Waals surface area contributed by atoms with Crippen LogP contribution in [0.15, 0.2) is 59.7 Å². The lowest BCUT2D eigenvalue weighted by molar-refractivity contribution is -0.383. The number of carbonyl (C=O) groups is 2. The van der Waals surface area contributed by atoms with E-state index in [0.717, 1.165) is 5.69 Å². The maximum Gasteiger partial charge on any atom is 0.292 e. The molecule has 8 heteroatoms. The zero-order valence-corrected chi connectivity index (χ0v) is 17.6. The van der Waals surface area contributed by atoms with Crippen LogP contribution in [0.25, 0.3) is 0 Å². The molecule has 31 heavy (non-hydrogen) atoms. The fourth-order valence-electron chi connectivity index (χ4n) is 5.07. The third-order valence-electron chi connectivity index (χ3n) is 7.38. The number of para-hydroxylation sites is 3. The molecular weight excluding hydrogens is 396 g/mol. The molecule has 2 aliphatic rings. The number of nitro benzene ring substituents is 1. The second-order valence-electron chi connectivity index (χ2n) is 8.86. The number of nitrogens with one attached hydrogen (secondary N) is 2. The number of fused-ring (bicyclic) bond motifs is 2. The number of Topliss-reactive ketones (excluding diaryl/α,β-unsaturated/α-hetero) is 1. The van der Waals surface area contributed by atoms with Crippen LogP contribution in [-0.4, -0.2) is 22.3 Å². The Kier molecular flexibility index (Phi) is 4.68. The van der Waals surface area contributed by atoms with Crippen LogP contribution in [-0.2, 0) is 9.59 Å². The molecule has 4 rings (SSSR count). The van der Waals surface area contributed by atoms with E-state index < -0.39 is 27.1 Å². The summed E-state index contributed by atoms with van der Waals surface area (Å²) in [5.41, 5.74) is 1.22. The van der Waals surface area contributed by atoms with Gasteiger partial charge in [0.15, 0.2) is 5.78 Å². The number of hydrazone groups is 1. The number of nitro groups is 1. The normalized spacial score (nSPS) is 27.3. The van der Waals surface area contributed by atoms with Crippen LogP contribution in [0.2, 0.25) is 0 Å². The number of ketones is 1. The van der Waals surface area contributed by atoms with Crippen molar-refractivity contribution < 1.29 is 14.5 Å². The largest absolute Gasteiger partial charge is 0.319 e. The first-order valence-corrected chi connectivity index (χ1v) is 10.1. The van der Waals surface area contributed by atoms with Crippen molar-refractivity contribution in [1.29, 1.82) is 0 Å². The molecule has 0 radical (unpaired) electrons. The molecule has 0 aliphatic heterocycles. The molecule has 1 amide bonds. The molecule has 2 aliphatic carbocycles. The highest BCUT2D eigenvalue weighted by Crippen LogP contribution is 2.69. The molecule has 2 aromatic carbocycles. The Labute approximate surface area is 179 Å². The minimum Gasteiger partial charge on any atom is -0.319 e. The van der Waals surface area contributed by atoms with Gasteiger partial charge in [0.05, 0.1) is 10.6 Å². The van der Waals surface area contributed by atoms with Crippen LogP contribution < -0.4 is 10.7 Å². The highest BCUT2D eigenvalue weighted by molar-refractivity contribution is 6.51. The van der Waals surface area contributed by atoms with E-state index in [1.807, 2.05) is 51.1 Å². The lowest BCUT2D eigenvalue weighted by Crippen LogP contribution is -2.47. The predicted molar refractivity (Wildman–Crippen MR) is 118 cm³/mol. The van der Waals surface area contributed by atoms with Crippen LogP contribution in [0.4, 0.5) is 17.1 Å². The highest BCUT2D eigenvalue weighted by Gasteiger charge is 2.76. The number of rotatable bonds is 5. The summed E-state index contributed by atoms with van der Waals surface area (Å²) in [5, 5.41) is 18.5. The van der Waals surface area contributed by atoms with E-state index in [1.54, 1.807) is 6.07 Å². The van der Waals surface area contributed by atoms with Gasteiger partial charge >= 0.3 is 0 Å². The zero-order valence-electron chi connectivity index (χ0n) is 17.6. The van der Waals surface area contributed by atoms with Crippen molar-refractivity contribution in [2.24, 2.45) is 21.3 Å². The highest BCUT2D eigenvalue weighted by atomic mass is 16.6. The number of amides is 1. The summed E-state index contributed by atoms with van der Waals surface area (Å²) >= 11 is 0. The molecule has 0 aromatic heterocycles. The van der Waals surface area contributed by atoms with Gasteiger partial charge in [0.25, 0.3) is 5.69 Å². The van der Waals surface area contributed by atoms with Gasteiger partial charge in [-0.2, -0.15) is 5.10 Å². The molecule has 2 aromatic rings. The summed E-state index contributed by atoms with van der Waals surface area (Å²) in [6.45, 7) is 5.77. The number of anilines is 2. The van der Waals surface area contributed by atoms with Gasteiger partial charge in [0, 0.05) is 11.5 Å². The van der Waals surface area contributed by atoms with E-state index in [-0.39, 0.29) is 17.2 Å². The van der Waals surface area contributed by atoms with Crippen molar-refractivity contribution >= 4 is 34.5 Å². The van der Waals surface area contributed by atoms with Gasteiger partial charge in [-0.3, -0.25) is 25.1 Å². The number of benzene rings is 2. The summed E-state index contributed by atoms with van der Waals surface area (Å²) in [7, 11) is 0. The van der Waals surface area contributed by atoms with Gasteiger partial charge < -0.3 is 5.32 Å². The van der Waals surface area contributed by atoms with Gasteiger partial charge in [-0.25, -0.2) is 0 Å². The molecule has 2 atom stereocenters. The summed E-state index contributed by atoms with van der Waals surface area (Å²) in [6, 6.07) is 15.2. The summed E-state index contributed by atoms with van der Waals surface area (Å²) in [5.74, 6) is -0.851. The summed E-state index contributed by atoms with van der Waals surface area (Å²) in [6.07, 6.45) is 0.984. The van der Waals surface area contributed by atoms with E-state index >= 15 is 0 Å². The van der Waals surface area contributed by atoms with E-state index in [2.05, 4.69) is 15.8 Å². The van der Waals surface area contributed by atoms with Crippen LogP contribution in [0.3, 0.4) is 0 Å². The molecule has 2 bridgehead atoms. The van der Waals surface area contributed by atoms with E-state index in [0.29, 0.717) is 18.6 Å². The van der Waals surface area contributed by atoms with Crippen molar-refractivity contribution in [3.63, 3.8) is 0 Å². The molecule has 2 unspecified atom stereocenters. The van der Waals surface area contributed by atoms with Crippen molar-refractivity contribution in [3.05, 3.63) is 64.7 Å². The third-order valence-corrected chi connectivity index (χ3v) is 7.38. The Morgan fingerprint density at radius 3 is 2.35 bits per heavy atom. The summed E-state index contributed by atoms with van der Waals surface area (Å²) < 4.78 is 0. The van der Waals surface area contributed by atoms with E-state index in [9.17, 15) is 19.7 Å². The van der Waals surface area contributed by atoms with Gasteiger partial charge in [-0.05, 0) is 36.5 Å². The average molecular weight is 420 g/mol. The molecule has 2 saturated carbocycles. The number of nitrogens with zero attached hydrogens (tertiary/aromatic N) is 2. The van der Waals surface area contributed by atoms with E-state index in [4.69, 9.17) is 0 Å². The standard InChI is InChI=1S/C23H24N4O4/c1-21(2)22(3)13-14-23(21,19(28)18(22)26-25-15-9-5-4-6-10-15)20(29)24-16-11-7-8-12-17(16)27(30)31/h4-12,25H,13-14H2,1-3H3,(H,24,29). The summed E-state index contributed by atoms with van der Waals surface area (Å²) in [4.78, 5) is 37.9. The second-order valence-corrected chi connectivity index (χ2v) is 8.86. The van der Waals surface area contributed by atoms with Crippen LogP contribution in [0.5, 0.6) is 0 Å². The lowest BCUT2D eigenvalue weighted by Gasteiger charge is -2.37. The molecule has 2 fully saturated rings. The quantitative estimate of drug-likeness (QED) is 0.423. The fourth-order valence-corrected chi connectivity index (χ4v) is 5.07. The molecule has 0 spiro atoms. The molecule has 0 saturated heterocycles. The second kappa shape index (κ2) is 7.01. The smallest absolute Gasteiger partial charge is 0.292 e. The minimum absolute atomic E-state index is 0.0804. The molecule has 8 nitrogen and oxygen atoms in total. The predicted octanol–water partition coefficient (Wildman–Crippen LogP) is 4.40. The van der Waals surface area contributed by atoms with Crippen molar-refractivity contribution in [2.45, 2.75) is 33.6 Å². The van der Waals surface area contributed by atoms with Gasteiger partial charge in [-0.1, -0.05) is 51.1 Å². The molecule has 2 N–H and O–H groups in total. The minimum atomic E-state index is -1.34. The maximum absolute atomic E-state index is 13.6. The van der Waals surface area contributed by atoms with Gasteiger partial charge in [0.2, 0.25) is 5.91 Å². The first-order chi connectivity index (χ1) is 14.6. The Morgan fingerprint density at radius 2 is 1.68 bits per heavy atom. The monoisotopic (exact) mass is 420 g/mol. The van der Waals surface area contributed by atoms with Crippen LogP contribution >= 0.6 is 0 Å². The Balaban J connectivity index is 1.71.